The van der Waals surface area contributed by atoms with Crippen LogP contribution in [-0.2, 0) is 4.79 Å². The molecule has 4 nitrogen and oxygen atoms in total. The van der Waals surface area contributed by atoms with E-state index in [9.17, 15) is 20.1 Å². The van der Waals surface area contributed by atoms with Gasteiger partial charge in [-0.25, -0.2) is 0 Å². The second kappa shape index (κ2) is 4.27. The number of Topliss-reactive ketones (excluding diaryl/α,β-unsaturated/α-hetero) is 1. The largest absolute Gasteiger partial charge is 0.396 e. The molecule has 6 aliphatic carbocycles. The van der Waals surface area contributed by atoms with E-state index in [-0.39, 0.29) is 42.2 Å². The minimum absolute atomic E-state index is 0.154. The minimum atomic E-state index is -0.849. The Hall–Kier alpha value is -0.450. The van der Waals surface area contributed by atoms with Crippen LogP contribution in [0.25, 0.3) is 0 Å². The molecule has 4 bridgehead atoms. The van der Waals surface area contributed by atoms with Gasteiger partial charge in [-0.1, -0.05) is 13.8 Å². The molecule has 6 rings (SSSR count). The summed E-state index contributed by atoms with van der Waals surface area (Å²) in [6.07, 6.45) is 4.61. The Labute approximate surface area is 143 Å². The van der Waals surface area contributed by atoms with Crippen LogP contribution in [0.15, 0.2) is 0 Å². The van der Waals surface area contributed by atoms with E-state index in [2.05, 4.69) is 13.8 Å². The minimum Gasteiger partial charge on any atom is -0.396 e. The highest BCUT2D eigenvalue weighted by molar-refractivity contribution is 5.81. The van der Waals surface area contributed by atoms with Crippen LogP contribution in [0.5, 0.6) is 0 Å². The molecule has 6 saturated carbocycles. The van der Waals surface area contributed by atoms with Crippen molar-refractivity contribution in [3.8, 4) is 0 Å². The lowest BCUT2D eigenvalue weighted by molar-refractivity contribution is -0.225. The number of aliphatic hydroxyl groups is 3. The number of fused-ring (bicyclic) bond motifs is 1. The molecule has 0 aromatic carbocycles. The van der Waals surface area contributed by atoms with E-state index >= 15 is 0 Å². The van der Waals surface area contributed by atoms with Gasteiger partial charge in [-0.3, -0.25) is 4.79 Å². The molecule has 0 saturated heterocycles. The molecule has 3 N–H and O–H groups in total. The monoisotopic (exact) mass is 334 g/mol. The summed E-state index contributed by atoms with van der Waals surface area (Å²) in [4.78, 5) is 12.6. The second-order valence-electron chi connectivity index (χ2n) is 10.6. The van der Waals surface area contributed by atoms with Crippen molar-refractivity contribution < 1.29 is 20.1 Å². The van der Waals surface area contributed by atoms with E-state index in [0.717, 1.165) is 18.3 Å². The smallest absolute Gasteiger partial charge is 0.134 e. The van der Waals surface area contributed by atoms with Crippen molar-refractivity contribution in [2.45, 2.75) is 58.5 Å². The summed E-state index contributed by atoms with van der Waals surface area (Å²) in [7, 11) is 0. The second-order valence-corrected chi connectivity index (χ2v) is 10.6. The normalized spacial score (nSPS) is 59.7. The molecule has 0 heterocycles. The molecule has 134 valence electrons. The zero-order valence-corrected chi connectivity index (χ0v) is 14.8. The van der Waals surface area contributed by atoms with Crippen molar-refractivity contribution in [2.24, 2.45) is 45.3 Å². The van der Waals surface area contributed by atoms with Crippen LogP contribution < -0.4 is 0 Å². The average molecular weight is 334 g/mol. The Balaban J connectivity index is 1.61. The Morgan fingerprint density at radius 3 is 2.33 bits per heavy atom. The summed E-state index contributed by atoms with van der Waals surface area (Å²) >= 11 is 0. The molecular weight excluding hydrogens is 304 g/mol. The summed E-state index contributed by atoms with van der Waals surface area (Å²) < 4.78 is 0. The first-order valence-electron chi connectivity index (χ1n) is 9.66. The van der Waals surface area contributed by atoms with Crippen LogP contribution in [0.3, 0.4) is 0 Å². The fourth-order valence-electron chi connectivity index (χ4n) is 9.02. The highest BCUT2D eigenvalue weighted by Crippen LogP contribution is 2.85. The molecule has 1 spiro atoms. The molecule has 0 unspecified atom stereocenters. The van der Waals surface area contributed by atoms with E-state index in [4.69, 9.17) is 0 Å². The summed E-state index contributed by atoms with van der Waals surface area (Å²) in [6.45, 7) is 4.18. The van der Waals surface area contributed by atoms with E-state index in [1.807, 2.05) is 0 Å². The van der Waals surface area contributed by atoms with Crippen molar-refractivity contribution in [3.05, 3.63) is 0 Å². The predicted octanol–water partition coefficient (Wildman–Crippen LogP) is 1.76. The number of rotatable bonds is 2. The molecule has 6 aliphatic rings. The Morgan fingerprint density at radius 1 is 1.04 bits per heavy atom. The lowest BCUT2D eigenvalue weighted by Gasteiger charge is -2.66. The Bertz CT molecular complexity index is 613. The molecule has 8 atom stereocenters. The van der Waals surface area contributed by atoms with Crippen molar-refractivity contribution in [2.75, 3.05) is 13.2 Å². The fourth-order valence-corrected chi connectivity index (χ4v) is 9.02. The van der Waals surface area contributed by atoms with Gasteiger partial charge >= 0.3 is 0 Å². The Morgan fingerprint density at radius 2 is 1.75 bits per heavy atom. The first kappa shape index (κ1) is 15.8. The first-order valence-corrected chi connectivity index (χ1v) is 9.66. The van der Waals surface area contributed by atoms with Crippen LogP contribution in [0.1, 0.15) is 52.4 Å². The van der Waals surface area contributed by atoms with Crippen molar-refractivity contribution in [1.82, 2.24) is 0 Å². The SMILES string of the molecule is C[C@@]12C[C@]34C[C@@H](O)[C@H]5C(CO)(CO)CC(=O)C[C@]5(C)[C@H]3C[C@@H]1[C@H]2C4. The van der Waals surface area contributed by atoms with E-state index in [1.54, 1.807) is 0 Å². The van der Waals surface area contributed by atoms with Gasteiger partial charge in [-0.2, -0.15) is 0 Å². The van der Waals surface area contributed by atoms with Gasteiger partial charge in [0.05, 0.1) is 19.3 Å². The molecule has 0 amide bonds. The molecule has 4 heteroatoms. The van der Waals surface area contributed by atoms with Crippen molar-refractivity contribution in [1.29, 1.82) is 0 Å². The molecule has 6 fully saturated rings. The quantitative estimate of drug-likeness (QED) is 0.719. The zero-order valence-electron chi connectivity index (χ0n) is 14.8. The van der Waals surface area contributed by atoms with Gasteiger partial charge in [0.15, 0.2) is 0 Å². The van der Waals surface area contributed by atoms with Gasteiger partial charge in [-0.05, 0) is 59.7 Å². The number of hydrogen-bond donors (Lipinski definition) is 3. The van der Waals surface area contributed by atoms with Gasteiger partial charge in [0.25, 0.3) is 0 Å². The standard InChI is InChI=1S/C20H30O4/c1-17-4-11(23)5-20(9-21,10-22)16(17)14(24)7-19-6-13-12(3-15(17)19)18(13,2)8-19/h12-16,21-22,24H,3-10H2,1-2H3/t12-,13-,14-,15-,16-,17-,18-,19+/m1/s1. The molecule has 0 aromatic heterocycles. The molecule has 24 heavy (non-hydrogen) atoms. The lowest BCUT2D eigenvalue weighted by atomic mass is 9.38. The zero-order chi connectivity index (χ0) is 17.1. The summed E-state index contributed by atoms with van der Waals surface area (Å²) in [5, 5.41) is 31.3. The third kappa shape index (κ3) is 1.51. The van der Waals surface area contributed by atoms with E-state index < -0.39 is 11.5 Å². The van der Waals surface area contributed by atoms with Crippen LogP contribution >= 0.6 is 0 Å². The topological polar surface area (TPSA) is 77.8 Å². The Kier molecular flexibility index (Phi) is 2.80. The fraction of sp³-hybridized carbons (Fsp3) is 0.950. The summed E-state index contributed by atoms with van der Waals surface area (Å²) in [5.41, 5.74) is -0.456. The van der Waals surface area contributed by atoms with Crippen LogP contribution in [0, 0.1) is 45.3 Å². The van der Waals surface area contributed by atoms with Gasteiger partial charge in [0.2, 0.25) is 0 Å². The first-order chi connectivity index (χ1) is 11.2. The third-order valence-corrected chi connectivity index (χ3v) is 9.58. The van der Waals surface area contributed by atoms with Crippen molar-refractivity contribution in [3.63, 3.8) is 0 Å². The van der Waals surface area contributed by atoms with Crippen molar-refractivity contribution >= 4 is 5.78 Å². The predicted molar refractivity (Wildman–Crippen MR) is 87.9 cm³/mol. The highest BCUT2D eigenvalue weighted by atomic mass is 16.3. The number of hydrogen-bond acceptors (Lipinski definition) is 4. The number of carbonyl (C=O) groups excluding carboxylic acids is 1. The molecular formula is C20H30O4. The van der Waals surface area contributed by atoms with Gasteiger partial charge in [-0.15, -0.1) is 0 Å². The van der Waals surface area contributed by atoms with Crippen LogP contribution in [-0.4, -0.2) is 40.4 Å². The third-order valence-electron chi connectivity index (χ3n) is 9.58. The lowest BCUT2D eigenvalue weighted by Crippen LogP contribution is -2.66. The number of aliphatic hydroxyl groups excluding tert-OH is 3. The molecule has 0 radical (unpaired) electrons. The summed E-state index contributed by atoms with van der Waals surface area (Å²) in [5.74, 6) is 2.07. The molecule has 0 aliphatic heterocycles. The maximum atomic E-state index is 12.6. The number of ketones is 1. The van der Waals surface area contributed by atoms with Crippen LogP contribution in [0.4, 0.5) is 0 Å². The average Bonchev–Trinajstić information content (AvgIpc) is 2.96. The molecule has 0 aromatic rings. The highest BCUT2D eigenvalue weighted by Gasteiger charge is 2.79. The van der Waals surface area contributed by atoms with E-state index in [1.165, 1.54) is 19.3 Å². The van der Waals surface area contributed by atoms with Crippen LogP contribution in [0.2, 0.25) is 0 Å². The maximum Gasteiger partial charge on any atom is 0.134 e. The van der Waals surface area contributed by atoms with Gasteiger partial charge in [0.1, 0.15) is 5.78 Å². The van der Waals surface area contributed by atoms with Gasteiger partial charge < -0.3 is 15.3 Å². The van der Waals surface area contributed by atoms with E-state index in [0.29, 0.717) is 17.8 Å². The summed E-state index contributed by atoms with van der Waals surface area (Å²) in [6, 6.07) is 0. The number of carbonyl (C=O) groups is 1. The maximum absolute atomic E-state index is 12.6. The van der Waals surface area contributed by atoms with Gasteiger partial charge in [0, 0.05) is 24.2 Å².